The molecule has 1 heterocycles. The number of hydrogen-bond acceptors (Lipinski definition) is 2. The third kappa shape index (κ3) is 3.45. The monoisotopic (exact) mass is 486 g/mol. The lowest BCUT2D eigenvalue weighted by molar-refractivity contribution is 0.422. The van der Waals surface area contributed by atoms with Gasteiger partial charge in [0.05, 0.1) is 5.30 Å². The molecule has 36 heavy (non-hydrogen) atoms. The molecule has 1 aliphatic heterocycles. The van der Waals surface area contributed by atoms with Crippen molar-refractivity contribution in [3.05, 3.63) is 139 Å². The first-order valence-corrected chi connectivity index (χ1v) is 13.9. The van der Waals surface area contributed by atoms with Crippen LogP contribution in [0.1, 0.15) is 25.0 Å². The molecule has 0 unspecified atom stereocenters. The maximum absolute atomic E-state index is 15.3. The molecule has 0 aliphatic carbocycles. The molecule has 0 saturated carbocycles. The van der Waals surface area contributed by atoms with Crippen molar-refractivity contribution in [2.45, 2.75) is 19.3 Å². The zero-order chi connectivity index (χ0) is 24.8. The van der Waals surface area contributed by atoms with E-state index in [9.17, 15) is 0 Å². The van der Waals surface area contributed by atoms with Crippen LogP contribution in [0.5, 0.6) is 11.5 Å². The van der Waals surface area contributed by atoms with Crippen molar-refractivity contribution in [3.63, 3.8) is 0 Å². The van der Waals surface area contributed by atoms with Crippen LogP contribution in [0.15, 0.2) is 127 Å². The van der Waals surface area contributed by atoms with E-state index in [2.05, 4.69) is 50.2 Å². The van der Waals surface area contributed by atoms with Crippen molar-refractivity contribution >= 4 is 23.1 Å². The molecule has 3 heteroatoms. The van der Waals surface area contributed by atoms with E-state index in [4.69, 9.17) is 4.74 Å². The van der Waals surface area contributed by atoms with Crippen LogP contribution in [-0.4, -0.2) is 0 Å². The molecule has 5 aromatic carbocycles. The lowest BCUT2D eigenvalue weighted by Gasteiger charge is -2.37. The van der Waals surface area contributed by atoms with Gasteiger partial charge in [-0.3, -0.25) is 0 Å². The topological polar surface area (TPSA) is 26.3 Å². The molecular formula is C33H27O2P. The fraction of sp³-hybridized carbons (Fsp3) is 0.0909. The average molecular weight is 487 g/mol. The summed E-state index contributed by atoms with van der Waals surface area (Å²) >= 11 is 0. The SMILES string of the molecule is CC1(C)c2cccc(-c3ccccc3)c2Oc2c1cccc2P(=O)(c1ccccc1)c1ccccc1. The van der Waals surface area contributed by atoms with Crippen molar-refractivity contribution in [2.75, 3.05) is 0 Å². The third-order valence-corrected chi connectivity index (χ3v) is 10.3. The second-order valence-corrected chi connectivity index (χ2v) is 12.4. The summed E-state index contributed by atoms with van der Waals surface area (Å²) in [5.41, 5.74) is 3.98. The molecule has 0 N–H and O–H groups in total. The van der Waals surface area contributed by atoms with E-state index in [1.54, 1.807) is 0 Å². The van der Waals surface area contributed by atoms with E-state index < -0.39 is 7.14 Å². The molecular weight excluding hydrogens is 459 g/mol. The lowest BCUT2D eigenvalue weighted by Crippen LogP contribution is -2.31. The van der Waals surface area contributed by atoms with Crippen LogP contribution in [0.3, 0.4) is 0 Å². The van der Waals surface area contributed by atoms with Crippen molar-refractivity contribution < 1.29 is 9.30 Å². The van der Waals surface area contributed by atoms with Crippen molar-refractivity contribution in [1.29, 1.82) is 0 Å². The summed E-state index contributed by atoms with van der Waals surface area (Å²) in [6.07, 6.45) is 0. The van der Waals surface area contributed by atoms with Gasteiger partial charge in [0.15, 0.2) is 7.14 Å². The molecule has 1 aliphatic rings. The normalized spacial score (nSPS) is 13.8. The minimum Gasteiger partial charge on any atom is -0.455 e. The van der Waals surface area contributed by atoms with Gasteiger partial charge >= 0.3 is 0 Å². The Morgan fingerprint density at radius 1 is 0.556 bits per heavy atom. The summed E-state index contributed by atoms with van der Waals surface area (Å²) in [5, 5.41) is 2.33. The molecule has 0 saturated heterocycles. The van der Waals surface area contributed by atoms with Gasteiger partial charge in [-0.1, -0.05) is 135 Å². The number of fused-ring (bicyclic) bond motifs is 2. The highest BCUT2D eigenvalue weighted by Gasteiger charge is 2.41. The van der Waals surface area contributed by atoms with E-state index in [1.807, 2.05) is 91.0 Å². The zero-order valence-corrected chi connectivity index (χ0v) is 21.3. The van der Waals surface area contributed by atoms with Gasteiger partial charge < -0.3 is 9.30 Å². The number of rotatable bonds is 4. The number of hydrogen-bond donors (Lipinski definition) is 0. The van der Waals surface area contributed by atoms with Gasteiger partial charge in [0.2, 0.25) is 0 Å². The van der Waals surface area contributed by atoms with Crippen LogP contribution in [-0.2, 0) is 9.98 Å². The van der Waals surface area contributed by atoms with Gasteiger partial charge in [-0.2, -0.15) is 0 Å². The summed E-state index contributed by atoms with van der Waals surface area (Å²) < 4.78 is 22.1. The molecule has 0 spiro atoms. The summed E-state index contributed by atoms with van der Waals surface area (Å²) in [6.45, 7) is 4.45. The number of para-hydroxylation sites is 2. The van der Waals surface area contributed by atoms with Gasteiger partial charge in [0, 0.05) is 32.7 Å². The largest absolute Gasteiger partial charge is 0.455 e. The van der Waals surface area contributed by atoms with Crippen LogP contribution in [0.2, 0.25) is 0 Å². The molecule has 0 atom stereocenters. The number of benzene rings is 5. The van der Waals surface area contributed by atoms with Crippen molar-refractivity contribution in [1.82, 2.24) is 0 Å². The first kappa shape index (κ1) is 22.6. The van der Waals surface area contributed by atoms with Gasteiger partial charge in [-0.15, -0.1) is 0 Å². The molecule has 5 aromatic rings. The Balaban J connectivity index is 1.64. The van der Waals surface area contributed by atoms with E-state index in [1.165, 1.54) is 0 Å². The maximum atomic E-state index is 15.3. The standard InChI is InChI=1S/C33H27O2P/c1-33(2)28-21-12-20-27(24-14-6-3-7-15-24)31(28)35-32-29(33)22-13-23-30(32)36(34,25-16-8-4-9-17-25)26-18-10-5-11-19-26/h3-23H,1-2H3. The third-order valence-electron chi connectivity index (χ3n) is 7.22. The first-order valence-electron chi connectivity index (χ1n) is 12.2. The fourth-order valence-electron chi connectivity index (χ4n) is 5.31. The Labute approximate surface area is 212 Å². The van der Waals surface area contributed by atoms with Crippen LogP contribution in [0.25, 0.3) is 11.1 Å². The van der Waals surface area contributed by atoms with E-state index in [0.717, 1.165) is 43.9 Å². The van der Waals surface area contributed by atoms with E-state index in [-0.39, 0.29) is 5.41 Å². The second-order valence-electron chi connectivity index (χ2n) is 9.71. The van der Waals surface area contributed by atoms with E-state index >= 15 is 4.57 Å². The zero-order valence-electron chi connectivity index (χ0n) is 20.4. The van der Waals surface area contributed by atoms with Gasteiger partial charge in [-0.25, -0.2) is 0 Å². The number of ether oxygens (including phenoxy) is 1. The van der Waals surface area contributed by atoms with Crippen molar-refractivity contribution in [2.24, 2.45) is 0 Å². The molecule has 2 nitrogen and oxygen atoms in total. The van der Waals surface area contributed by atoms with Crippen LogP contribution in [0.4, 0.5) is 0 Å². The molecule has 176 valence electrons. The predicted octanol–water partition coefficient (Wildman–Crippen LogP) is 7.42. The highest BCUT2D eigenvalue weighted by atomic mass is 31.2. The van der Waals surface area contributed by atoms with Gasteiger partial charge in [0.25, 0.3) is 0 Å². The molecule has 0 radical (unpaired) electrons. The predicted molar refractivity (Wildman–Crippen MR) is 150 cm³/mol. The Morgan fingerprint density at radius 2 is 1.06 bits per heavy atom. The molecule has 0 fully saturated rings. The Hall–Kier alpha value is -3.87. The molecule has 0 bridgehead atoms. The van der Waals surface area contributed by atoms with Crippen LogP contribution >= 0.6 is 7.14 Å². The van der Waals surface area contributed by atoms with Gasteiger partial charge in [0.1, 0.15) is 11.5 Å². The quantitative estimate of drug-likeness (QED) is 0.247. The smallest absolute Gasteiger partial charge is 0.174 e. The summed E-state index contributed by atoms with van der Waals surface area (Å²) in [4.78, 5) is 0. The average Bonchev–Trinajstić information content (AvgIpc) is 2.94. The first-order chi connectivity index (χ1) is 17.5. The summed E-state index contributed by atoms with van der Waals surface area (Å²) in [6, 6.07) is 42.3. The Kier molecular flexibility index (Phi) is 5.43. The highest BCUT2D eigenvalue weighted by Crippen LogP contribution is 2.54. The van der Waals surface area contributed by atoms with Crippen LogP contribution in [0, 0.1) is 0 Å². The summed E-state index contributed by atoms with van der Waals surface area (Å²) in [5.74, 6) is 1.54. The molecule has 6 rings (SSSR count). The minimum atomic E-state index is -3.22. The highest BCUT2D eigenvalue weighted by molar-refractivity contribution is 7.85. The minimum absolute atomic E-state index is 0.331. The Bertz CT molecular complexity index is 1550. The molecule has 0 aromatic heterocycles. The second kappa shape index (κ2) is 8.66. The fourth-order valence-corrected chi connectivity index (χ4v) is 8.09. The molecule has 0 amide bonds. The summed E-state index contributed by atoms with van der Waals surface area (Å²) in [7, 11) is -3.22. The maximum Gasteiger partial charge on any atom is 0.174 e. The van der Waals surface area contributed by atoms with Crippen molar-refractivity contribution in [3.8, 4) is 22.6 Å². The Morgan fingerprint density at radius 3 is 1.64 bits per heavy atom. The lowest BCUT2D eigenvalue weighted by atomic mass is 9.75. The van der Waals surface area contributed by atoms with Crippen LogP contribution < -0.4 is 20.7 Å². The van der Waals surface area contributed by atoms with E-state index in [0.29, 0.717) is 5.75 Å². The van der Waals surface area contributed by atoms with Gasteiger partial charge in [-0.05, 0) is 11.6 Å².